The Morgan fingerprint density at radius 3 is 1.89 bits per heavy atom. The number of fused-ring (bicyclic) bond motifs is 2. The lowest BCUT2D eigenvalue weighted by atomic mass is 9.78. The van der Waals surface area contributed by atoms with Crippen molar-refractivity contribution >= 4 is 34.1 Å². The lowest BCUT2D eigenvalue weighted by Crippen LogP contribution is -2.34. The second kappa shape index (κ2) is 5.04. The summed E-state index contributed by atoms with van der Waals surface area (Å²) in [5, 5.41) is 4.94. The van der Waals surface area contributed by atoms with Crippen LogP contribution in [0.25, 0.3) is 21.5 Å². The SMILES string of the molecule is COB(OC)c1ccc2cc3ccccc3cc2c1. The van der Waals surface area contributed by atoms with E-state index in [1.807, 2.05) is 0 Å². The van der Waals surface area contributed by atoms with Gasteiger partial charge in [-0.05, 0) is 39.1 Å². The summed E-state index contributed by atoms with van der Waals surface area (Å²) >= 11 is 0. The minimum atomic E-state index is -0.309. The van der Waals surface area contributed by atoms with Crippen LogP contribution < -0.4 is 5.46 Å². The summed E-state index contributed by atoms with van der Waals surface area (Å²) in [7, 11) is 2.99. The van der Waals surface area contributed by atoms with Crippen molar-refractivity contribution in [2.75, 3.05) is 14.2 Å². The van der Waals surface area contributed by atoms with Crippen LogP contribution >= 0.6 is 0 Å². The van der Waals surface area contributed by atoms with Crippen molar-refractivity contribution in [3.05, 3.63) is 54.6 Å². The fraction of sp³-hybridized carbons (Fsp3) is 0.125. The number of rotatable bonds is 3. The van der Waals surface area contributed by atoms with Gasteiger partial charge in [0, 0.05) is 14.2 Å². The zero-order valence-electron chi connectivity index (χ0n) is 11.1. The molecule has 0 N–H and O–H groups in total. The normalized spacial score (nSPS) is 11.1. The van der Waals surface area contributed by atoms with Crippen LogP contribution in [0, 0.1) is 0 Å². The van der Waals surface area contributed by atoms with Crippen molar-refractivity contribution < 1.29 is 9.31 Å². The van der Waals surface area contributed by atoms with Gasteiger partial charge in [-0.25, -0.2) is 0 Å². The molecule has 0 saturated carbocycles. The molecule has 3 rings (SSSR count). The zero-order valence-corrected chi connectivity index (χ0v) is 11.1. The maximum absolute atomic E-state index is 5.30. The molecule has 0 unspecified atom stereocenters. The van der Waals surface area contributed by atoms with Crippen LogP contribution in [0.3, 0.4) is 0 Å². The molecule has 0 aliphatic rings. The molecule has 3 aromatic carbocycles. The average molecular weight is 250 g/mol. The third-order valence-corrected chi connectivity index (χ3v) is 3.43. The van der Waals surface area contributed by atoms with Crippen LogP contribution in [-0.2, 0) is 9.31 Å². The molecule has 0 bridgehead atoms. The summed E-state index contributed by atoms with van der Waals surface area (Å²) in [5.74, 6) is 0. The van der Waals surface area contributed by atoms with Crippen LogP contribution in [0.5, 0.6) is 0 Å². The molecule has 0 radical (unpaired) electrons. The van der Waals surface area contributed by atoms with E-state index < -0.39 is 0 Å². The highest BCUT2D eigenvalue weighted by Crippen LogP contribution is 2.22. The topological polar surface area (TPSA) is 18.5 Å². The van der Waals surface area contributed by atoms with Crippen molar-refractivity contribution in [2.24, 2.45) is 0 Å². The van der Waals surface area contributed by atoms with Gasteiger partial charge in [0.15, 0.2) is 0 Å². The minimum absolute atomic E-state index is 0.309. The van der Waals surface area contributed by atoms with Gasteiger partial charge in [-0.2, -0.15) is 0 Å². The van der Waals surface area contributed by atoms with Gasteiger partial charge >= 0.3 is 7.12 Å². The highest BCUT2D eigenvalue weighted by atomic mass is 16.6. The summed E-state index contributed by atoms with van der Waals surface area (Å²) in [6.45, 7) is 0. The Morgan fingerprint density at radius 1 is 0.684 bits per heavy atom. The standard InChI is InChI=1S/C16H15BO2/c1-18-17(19-2)16-8-7-14-9-12-5-3-4-6-13(12)10-15(14)11-16/h3-11H,1-2H3. The van der Waals surface area contributed by atoms with E-state index >= 15 is 0 Å². The Bertz CT molecular complexity index is 720. The summed E-state index contributed by atoms with van der Waals surface area (Å²) in [4.78, 5) is 0. The third kappa shape index (κ3) is 2.23. The first-order chi connectivity index (χ1) is 9.31. The predicted molar refractivity (Wildman–Crippen MR) is 80.9 cm³/mol. The van der Waals surface area contributed by atoms with E-state index in [0.29, 0.717) is 0 Å². The number of benzene rings is 3. The lowest BCUT2D eigenvalue weighted by Gasteiger charge is -2.10. The molecule has 3 aromatic rings. The maximum atomic E-state index is 5.30. The van der Waals surface area contributed by atoms with Crippen LogP contribution in [0.1, 0.15) is 0 Å². The predicted octanol–water partition coefficient (Wildman–Crippen LogP) is 2.98. The van der Waals surface area contributed by atoms with Gasteiger partial charge in [-0.3, -0.25) is 0 Å². The fourth-order valence-electron chi connectivity index (χ4n) is 2.47. The quantitative estimate of drug-likeness (QED) is 0.525. The molecular formula is C16H15BO2. The van der Waals surface area contributed by atoms with E-state index in [1.54, 1.807) is 14.2 Å². The fourth-order valence-corrected chi connectivity index (χ4v) is 2.47. The van der Waals surface area contributed by atoms with Crippen molar-refractivity contribution in [3.8, 4) is 0 Å². The molecular weight excluding hydrogens is 235 g/mol. The first-order valence-corrected chi connectivity index (χ1v) is 6.30. The summed E-state index contributed by atoms with van der Waals surface area (Å²) in [6, 6.07) is 19.1. The van der Waals surface area contributed by atoms with Crippen LogP contribution in [0.4, 0.5) is 0 Å². The Hall–Kier alpha value is -1.84. The Kier molecular flexibility index (Phi) is 3.24. The third-order valence-electron chi connectivity index (χ3n) is 3.43. The van der Waals surface area contributed by atoms with E-state index in [0.717, 1.165) is 5.46 Å². The largest absolute Gasteiger partial charge is 0.493 e. The Balaban J connectivity index is 2.19. The van der Waals surface area contributed by atoms with Gasteiger partial charge in [0.05, 0.1) is 0 Å². The number of hydrogen-bond donors (Lipinski definition) is 0. The van der Waals surface area contributed by atoms with Gasteiger partial charge in [0.2, 0.25) is 0 Å². The molecule has 0 spiro atoms. The van der Waals surface area contributed by atoms with Gasteiger partial charge < -0.3 is 9.31 Å². The molecule has 19 heavy (non-hydrogen) atoms. The van der Waals surface area contributed by atoms with Crippen molar-refractivity contribution in [3.63, 3.8) is 0 Å². The second-order valence-corrected chi connectivity index (χ2v) is 4.61. The van der Waals surface area contributed by atoms with Crippen LogP contribution in [0.15, 0.2) is 54.6 Å². The molecule has 0 aliphatic carbocycles. The highest BCUT2D eigenvalue weighted by Gasteiger charge is 2.17. The summed E-state index contributed by atoms with van der Waals surface area (Å²) in [5.41, 5.74) is 1.03. The molecule has 94 valence electrons. The Morgan fingerprint density at radius 2 is 1.26 bits per heavy atom. The minimum Gasteiger partial charge on any atom is -0.410 e. The molecule has 0 heterocycles. The highest BCUT2D eigenvalue weighted by molar-refractivity contribution is 6.61. The van der Waals surface area contributed by atoms with E-state index in [9.17, 15) is 0 Å². The zero-order chi connectivity index (χ0) is 13.2. The van der Waals surface area contributed by atoms with Crippen LogP contribution in [0.2, 0.25) is 0 Å². The smallest absolute Gasteiger partial charge is 0.410 e. The maximum Gasteiger partial charge on any atom is 0.493 e. The van der Waals surface area contributed by atoms with Gasteiger partial charge in [-0.15, -0.1) is 0 Å². The average Bonchev–Trinajstić information content (AvgIpc) is 2.46. The first kappa shape index (κ1) is 12.2. The molecule has 0 fully saturated rings. The van der Waals surface area contributed by atoms with E-state index in [1.165, 1.54) is 21.5 Å². The molecule has 0 aromatic heterocycles. The molecule has 0 saturated heterocycles. The van der Waals surface area contributed by atoms with Gasteiger partial charge in [0.25, 0.3) is 0 Å². The first-order valence-electron chi connectivity index (χ1n) is 6.30. The molecule has 0 atom stereocenters. The van der Waals surface area contributed by atoms with E-state index in [2.05, 4.69) is 54.6 Å². The summed E-state index contributed by atoms with van der Waals surface area (Å²) in [6.07, 6.45) is 0. The van der Waals surface area contributed by atoms with E-state index in [-0.39, 0.29) is 7.12 Å². The monoisotopic (exact) mass is 250 g/mol. The van der Waals surface area contributed by atoms with Crippen LogP contribution in [-0.4, -0.2) is 21.3 Å². The Labute approximate surface area is 113 Å². The van der Waals surface area contributed by atoms with E-state index in [4.69, 9.17) is 9.31 Å². The summed E-state index contributed by atoms with van der Waals surface area (Å²) < 4.78 is 10.6. The lowest BCUT2D eigenvalue weighted by molar-refractivity contribution is 0.292. The van der Waals surface area contributed by atoms with Crippen molar-refractivity contribution in [1.29, 1.82) is 0 Å². The van der Waals surface area contributed by atoms with Crippen molar-refractivity contribution in [1.82, 2.24) is 0 Å². The molecule has 0 amide bonds. The van der Waals surface area contributed by atoms with Gasteiger partial charge in [-0.1, -0.05) is 42.5 Å². The molecule has 0 aliphatic heterocycles. The van der Waals surface area contributed by atoms with Crippen molar-refractivity contribution in [2.45, 2.75) is 0 Å². The molecule has 3 heteroatoms. The molecule has 2 nitrogen and oxygen atoms in total. The van der Waals surface area contributed by atoms with Gasteiger partial charge in [0.1, 0.15) is 0 Å². The number of hydrogen-bond acceptors (Lipinski definition) is 2. The second-order valence-electron chi connectivity index (χ2n) is 4.61.